The van der Waals surface area contributed by atoms with Crippen molar-refractivity contribution >= 4 is 46.0 Å². The van der Waals surface area contributed by atoms with E-state index in [0.29, 0.717) is 0 Å². The third-order valence-electron chi connectivity index (χ3n) is 11.9. The van der Waals surface area contributed by atoms with Gasteiger partial charge < -0.3 is 19.6 Å². The second kappa shape index (κ2) is 20.3. The number of anilines is 4. The van der Waals surface area contributed by atoms with Crippen molar-refractivity contribution in [2.75, 3.05) is 76.0 Å². The molecule has 330 valence electrons. The predicted octanol–water partition coefficient (Wildman–Crippen LogP) is 10.3. The molecule has 8 rings (SSSR count). The summed E-state index contributed by atoms with van der Waals surface area (Å²) in [6.45, 7) is 1.44. The van der Waals surface area contributed by atoms with E-state index in [2.05, 4.69) is 268 Å². The number of benzene rings is 4. The minimum absolute atomic E-state index is 0.718. The highest BCUT2D eigenvalue weighted by molar-refractivity contribution is 5.93. The van der Waals surface area contributed by atoms with Gasteiger partial charge in [0.05, 0.1) is 11.4 Å². The van der Waals surface area contributed by atoms with Crippen LogP contribution in [0.3, 0.4) is 0 Å². The highest BCUT2D eigenvalue weighted by Gasteiger charge is 2.13. The Labute approximate surface area is 391 Å². The van der Waals surface area contributed by atoms with E-state index < -0.39 is 0 Å². The van der Waals surface area contributed by atoms with Crippen molar-refractivity contribution in [2.45, 2.75) is 13.1 Å². The molecular weight excluding hydrogens is 809 g/mol. The van der Waals surface area contributed by atoms with Gasteiger partial charge in [-0.05, 0) is 129 Å². The Morgan fingerprint density at radius 1 is 0.364 bits per heavy atom. The summed E-state index contributed by atoms with van der Waals surface area (Å²) in [4.78, 5) is 18.1. The van der Waals surface area contributed by atoms with Crippen LogP contribution in [-0.2, 0) is 13.1 Å². The molecule has 0 unspecified atom stereocenters. The molecule has 8 nitrogen and oxygen atoms in total. The minimum Gasteiger partial charge on any atom is -0.378 e. The van der Waals surface area contributed by atoms with Crippen LogP contribution in [-0.4, -0.2) is 66.3 Å². The van der Waals surface area contributed by atoms with E-state index in [9.17, 15) is 0 Å². The molecule has 8 aromatic rings. The molecule has 4 aromatic heterocycles. The van der Waals surface area contributed by atoms with Gasteiger partial charge in [0.15, 0.2) is 37.9 Å². The third-order valence-corrected chi connectivity index (χ3v) is 11.9. The van der Waals surface area contributed by atoms with Crippen LogP contribution in [0.5, 0.6) is 0 Å². The summed E-state index contributed by atoms with van der Waals surface area (Å²) in [6.07, 6.45) is 17.0. The van der Waals surface area contributed by atoms with E-state index >= 15 is 0 Å². The maximum atomic E-state index is 4.81. The standard InChI is InChI=1S/C58H60N8/c1-61(2)51-19-11-47(12-20-51)55(48-13-21-52(22-14-48)62(3)4)37-43-29-33-65(34-30-43)41-45-9-27-57(59-39-45)58-28-10-46(40-60-58)42-66-35-31-44(32-36-66)38-56(49-15-23-53(24-16-49)63(5)6)50-17-25-54(26-18-50)64(7)8/h9-40H,41-42H2,1-8H3/q+2. The van der Waals surface area contributed by atoms with Crippen molar-refractivity contribution in [3.8, 4) is 11.4 Å². The summed E-state index contributed by atoms with van der Waals surface area (Å²) in [5, 5.41) is 0. The quantitative estimate of drug-likeness (QED) is 0.0957. The molecule has 0 bridgehead atoms. The Hall–Kier alpha value is -7.84. The fourth-order valence-corrected chi connectivity index (χ4v) is 7.86. The van der Waals surface area contributed by atoms with Gasteiger partial charge in [-0.15, -0.1) is 0 Å². The normalized spacial score (nSPS) is 10.8. The average molecular weight is 869 g/mol. The van der Waals surface area contributed by atoms with Crippen molar-refractivity contribution in [2.24, 2.45) is 0 Å². The topological polar surface area (TPSA) is 46.5 Å². The van der Waals surface area contributed by atoms with Gasteiger partial charge in [-0.3, -0.25) is 9.97 Å². The molecule has 0 saturated carbocycles. The third kappa shape index (κ3) is 11.1. The first-order valence-corrected chi connectivity index (χ1v) is 22.4. The second-order valence-electron chi connectivity index (χ2n) is 17.6. The zero-order valence-corrected chi connectivity index (χ0v) is 39.5. The lowest BCUT2D eigenvalue weighted by molar-refractivity contribution is -0.688. The van der Waals surface area contributed by atoms with Gasteiger partial charge in [0.2, 0.25) is 0 Å². The maximum absolute atomic E-state index is 4.81. The van der Waals surface area contributed by atoms with Crippen LogP contribution in [0.2, 0.25) is 0 Å². The highest BCUT2D eigenvalue weighted by atomic mass is 15.1. The molecule has 8 heteroatoms. The van der Waals surface area contributed by atoms with E-state index in [4.69, 9.17) is 9.97 Å². The zero-order chi connectivity index (χ0) is 46.2. The molecule has 0 atom stereocenters. The van der Waals surface area contributed by atoms with Gasteiger partial charge in [0.1, 0.15) is 0 Å². The van der Waals surface area contributed by atoms with Gasteiger partial charge >= 0.3 is 0 Å². The van der Waals surface area contributed by atoms with E-state index in [1.807, 2.05) is 12.4 Å². The van der Waals surface area contributed by atoms with Gasteiger partial charge in [0.25, 0.3) is 0 Å². The molecule has 0 radical (unpaired) electrons. The van der Waals surface area contributed by atoms with Crippen LogP contribution >= 0.6 is 0 Å². The Kier molecular flexibility index (Phi) is 13.8. The van der Waals surface area contributed by atoms with Crippen molar-refractivity contribution in [3.63, 3.8) is 0 Å². The summed E-state index contributed by atoms with van der Waals surface area (Å²) < 4.78 is 4.37. The van der Waals surface area contributed by atoms with E-state index in [-0.39, 0.29) is 0 Å². The number of hydrogen-bond acceptors (Lipinski definition) is 6. The molecule has 0 saturated heterocycles. The summed E-state index contributed by atoms with van der Waals surface area (Å²) in [7, 11) is 16.6. The Bertz CT molecular complexity index is 2570. The van der Waals surface area contributed by atoms with Gasteiger partial charge in [-0.1, -0.05) is 48.5 Å². The molecule has 0 aliphatic carbocycles. The van der Waals surface area contributed by atoms with Crippen molar-refractivity contribution in [1.82, 2.24) is 9.97 Å². The molecule has 4 heterocycles. The molecule has 0 spiro atoms. The number of nitrogens with zero attached hydrogens (tertiary/aromatic N) is 8. The number of aromatic nitrogens is 4. The van der Waals surface area contributed by atoms with Crippen LogP contribution in [0.1, 0.15) is 44.5 Å². The van der Waals surface area contributed by atoms with Crippen LogP contribution < -0.4 is 28.7 Å². The predicted molar refractivity (Wildman–Crippen MR) is 276 cm³/mol. The van der Waals surface area contributed by atoms with Crippen LogP contribution in [0.15, 0.2) is 183 Å². The molecule has 0 N–H and O–H groups in total. The van der Waals surface area contributed by atoms with E-state index in [1.165, 1.54) is 56.1 Å². The first kappa shape index (κ1) is 44.8. The SMILES string of the molecule is CN(C)c1ccc(C(=Cc2cc[n+](Cc3ccc(-c4ccc(C[n+]5ccc(C=C(c6ccc(N(C)C)cc6)c6ccc(N(C)C)cc6)cc5)cn4)nc3)cc2)c2ccc(N(C)C)cc2)cc1. The fourth-order valence-electron chi connectivity index (χ4n) is 7.86. The van der Waals surface area contributed by atoms with Crippen molar-refractivity contribution < 1.29 is 9.13 Å². The van der Waals surface area contributed by atoms with Crippen LogP contribution in [0, 0.1) is 0 Å². The van der Waals surface area contributed by atoms with Crippen molar-refractivity contribution in [1.29, 1.82) is 0 Å². The smallest absolute Gasteiger partial charge is 0.175 e. The molecule has 0 amide bonds. The first-order valence-electron chi connectivity index (χ1n) is 22.4. The molecular formula is C58H60N8+2. The molecule has 0 aliphatic rings. The number of pyridine rings is 4. The van der Waals surface area contributed by atoms with E-state index in [1.54, 1.807) is 0 Å². The monoisotopic (exact) mass is 868 g/mol. The Morgan fingerprint density at radius 3 is 0.864 bits per heavy atom. The Morgan fingerprint density at radius 2 is 0.636 bits per heavy atom. The van der Waals surface area contributed by atoms with Crippen LogP contribution in [0.4, 0.5) is 22.7 Å². The highest BCUT2D eigenvalue weighted by Crippen LogP contribution is 2.31. The summed E-state index contributed by atoms with van der Waals surface area (Å²) in [6, 6.07) is 52.2. The molecule has 66 heavy (non-hydrogen) atoms. The summed E-state index contributed by atoms with van der Waals surface area (Å²) in [5.41, 5.74) is 18.0. The fraction of sp³-hybridized carbons (Fsp3) is 0.172. The summed E-state index contributed by atoms with van der Waals surface area (Å²) in [5.74, 6) is 0. The molecule has 0 fully saturated rings. The van der Waals surface area contributed by atoms with Gasteiger partial charge in [-0.25, -0.2) is 9.13 Å². The lowest BCUT2D eigenvalue weighted by atomic mass is 9.95. The number of rotatable bonds is 15. The summed E-state index contributed by atoms with van der Waals surface area (Å²) >= 11 is 0. The Balaban J connectivity index is 0.915. The second-order valence-corrected chi connectivity index (χ2v) is 17.6. The van der Waals surface area contributed by atoms with Gasteiger partial charge in [-0.2, -0.15) is 0 Å². The zero-order valence-electron chi connectivity index (χ0n) is 39.5. The molecule has 4 aromatic carbocycles. The van der Waals surface area contributed by atoms with Crippen LogP contribution in [0.25, 0.3) is 34.7 Å². The van der Waals surface area contributed by atoms with Crippen molar-refractivity contribution in [3.05, 3.63) is 227 Å². The minimum atomic E-state index is 0.718. The van der Waals surface area contributed by atoms with Gasteiger partial charge in [0, 0.05) is 127 Å². The first-order chi connectivity index (χ1) is 31.9. The van der Waals surface area contributed by atoms with E-state index in [0.717, 1.165) is 46.7 Å². The lowest BCUT2D eigenvalue weighted by Crippen LogP contribution is -2.33. The molecule has 0 aliphatic heterocycles. The lowest BCUT2D eigenvalue weighted by Gasteiger charge is -2.16. The number of hydrogen-bond donors (Lipinski definition) is 0. The largest absolute Gasteiger partial charge is 0.378 e. The maximum Gasteiger partial charge on any atom is 0.175 e. The average Bonchev–Trinajstić information content (AvgIpc) is 3.34.